The number of anilines is 1. The van der Waals surface area contributed by atoms with Crippen LogP contribution < -0.4 is 11.1 Å². The highest BCUT2D eigenvalue weighted by molar-refractivity contribution is 5.96. The monoisotopic (exact) mass is 375 g/mol. The molecule has 0 aliphatic rings. The van der Waals surface area contributed by atoms with Crippen molar-refractivity contribution in [3.05, 3.63) is 65.2 Å². The van der Waals surface area contributed by atoms with E-state index in [1.54, 1.807) is 6.92 Å². The minimum Gasteiger partial charge on any atom is -0.366 e. The van der Waals surface area contributed by atoms with Crippen LogP contribution in [0.25, 0.3) is 0 Å². The predicted molar refractivity (Wildman–Crippen MR) is 96.1 cm³/mol. The average Bonchev–Trinajstić information content (AvgIpc) is 2.64. The third-order valence-electron chi connectivity index (χ3n) is 3.89. The van der Waals surface area contributed by atoms with Crippen LogP contribution in [-0.4, -0.2) is 35.7 Å². The third kappa shape index (κ3) is 5.34. The first-order chi connectivity index (χ1) is 12.8. The first kappa shape index (κ1) is 20.0. The Kier molecular flexibility index (Phi) is 6.59. The van der Waals surface area contributed by atoms with Crippen molar-refractivity contribution in [3.8, 4) is 0 Å². The zero-order valence-corrected chi connectivity index (χ0v) is 14.7. The Morgan fingerprint density at radius 3 is 2.33 bits per heavy atom. The Hall–Kier alpha value is -3.29. The molecule has 0 unspecified atom stereocenters. The molecule has 27 heavy (non-hydrogen) atoms. The smallest absolute Gasteiger partial charge is 0.256 e. The number of hydrogen-bond acceptors (Lipinski definition) is 3. The minimum atomic E-state index is -0.821. The van der Waals surface area contributed by atoms with Crippen LogP contribution in [0.4, 0.5) is 14.5 Å². The van der Waals surface area contributed by atoms with Crippen LogP contribution in [0, 0.1) is 11.6 Å². The van der Waals surface area contributed by atoms with E-state index in [4.69, 9.17) is 5.73 Å². The maximum Gasteiger partial charge on any atom is 0.256 e. The molecule has 0 radical (unpaired) electrons. The normalized spacial score (nSPS) is 10.3. The van der Waals surface area contributed by atoms with Gasteiger partial charge in [-0.05, 0) is 49.4 Å². The predicted octanol–water partition coefficient (Wildman–Crippen LogP) is 2.55. The lowest BCUT2D eigenvalue weighted by atomic mass is 10.1. The summed E-state index contributed by atoms with van der Waals surface area (Å²) < 4.78 is 27.0. The number of benzene rings is 2. The molecule has 2 aromatic rings. The van der Waals surface area contributed by atoms with E-state index < -0.39 is 23.4 Å². The number of carbonyl (C=O) groups excluding carboxylic acids is 3. The van der Waals surface area contributed by atoms with Crippen molar-refractivity contribution in [2.45, 2.75) is 13.3 Å². The van der Waals surface area contributed by atoms with Crippen molar-refractivity contribution in [1.82, 2.24) is 4.90 Å². The van der Waals surface area contributed by atoms with Gasteiger partial charge in [0.2, 0.25) is 11.8 Å². The fourth-order valence-electron chi connectivity index (χ4n) is 2.41. The molecule has 3 N–H and O–H groups in total. The van der Waals surface area contributed by atoms with Gasteiger partial charge in [0.15, 0.2) is 0 Å². The van der Waals surface area contributed by atoms with Gasteiger partial charge in [0.05, 0.1) is 5.56 Å². The van der Waals surface area contributed by atoms with Gasteiger partial charge in [-0.25, -0.2) is 8.78 Å². The molecule has 0 spiro atoms. The zero-order chi connectivity index (χ0) is 20.0. The molecule has 8 heteroatoms. The summed E-state index contributed by atoms with van der Waals surface area (Å²) in [5.74, 6) is -3.16. The van der Waals surface area contributed by atoms with Crippen molar-refractivity contribution >= 4 is 23.4 Å². The van der Waals surface area contributed by atoms with E-state index in [0.29, 0.717) is 11.3 Å². The molecule has 0 saturated heterocycles. The molecular formula is C19H19F2N3O3. The van der Waals surface area contributed by atoms with Gasteiger partial charge in [0.25, 0.3) is 5.91 Å². The highest BCUT2D eigenvalue weighted by Crippen LogP contribution is 2.14. The topological polar surface area (TPSA) is 92.5 Å². The van der Waals surface area contributed by atoms with Gasteiger partial charge < -0.3 is 16.0 Å². The number of carbonyl (C=O) groups is 3. The molecule has 2 rings (SSSR count). The number of primary amides is 1. The van der Waals surface area contributed by atoms with Crippen LogP contribution in [-0.2, 0) is 4.79 Å². The average molecular weight is 375 g/mol. The van der Waals surface area contributed by atoms with Gasteiger partial charge in [-0.2, -0.15) is 0 Å². The van der Waals surface area contributed by atoms with Gasteiger partial charge >= 0.3 is 0 Å². The minimum absolute atomic E-state index is 0.0336. The summed E-state index contributed by atoms with van der Waals surface area (Å²) in [6.45, 7) is 1.95. The van der Waals surface area contributed by atoms with E-state index in [1.807, 2.05) is 0 Å². The SMILES string of the molecule is CCN(CCC(=O)Nc1ccc(C(N)=O)cc1)C(=O)c1cc(F)ccc1F. The largest absolute Gasteiger partial charge is 0.366 e. The van der Waals surface area contributed by atoms with E-state index in [-0.39, 0.29) is 31.0 Å². The Balaban J connectivity index is 1.96. The van der Waals surface area contributed by atoms with Crippen molar-refractivity contribution in [1.29, 1.82) is 0 Å². The number of halogens is 2. The van der Waals surface area contributed by atoms with Crippen LogP contribution >= 0.6 is 0 Å². The maximum atomic E-state index is 13.8. The van der Waals surface area contributed by atoms with Crippen molar-refractivity contribution in [2.24, 2.45) is 5.73 Å². The molecule has 0 fully saturated rings. The van der Waals surface area contributed by atoms with E-state index in [1.165, 1.54) is 29.2 Å². The Morgan fingerprint density at radius 2 is 1.74 bits per heavy atom. The van der Waals surface area contributed by atoms with E-state index in [2.05, 4.69) is 5.32 Å². The summed E-state index contributed by atoms with van der Waals surface area (Å²) in [6, 6.07) is 8.67. The molecule has 3 amide bonds. The summed E-state index contributed by atoms with van der Waals surface area (Å²) in [5, 5.41) is 2.62. The summed E-state index contributed by atoms with van der Waals surface area (Å²) in [7, 11) is 0. The number of rotatable bonds is 7. The molecule has 142 valence electrons. The molecule has 0 heterocycles. The molecule has 0 atom stereocenters. The van der Waals surface area contributed by atoms with Gasteiger partial charge in [0.1, 0.15) is 11.6 Å². The van der Waals surface area contributed by atoms with Crippen molar-refractivity contribution < 1.29 is 23.2 Å². The van der Waals surface area contributed by atoms with E-state index >= 15 is 0 Å². The molecule has 0 aliphatic heterocycles. The van der Waals surface area contributed by atoms with Crippen molar-refractivity contribution in [2.75, 3.05) is 18.4 Å². The van der Waals surface area contributed by atoms with Crippen LogP contribution in [0.1, 0.15) is 34.1 Å². The molecular weight excluding hydrogens is 356 g/mol. The Labute approximate surface area is 155 Å². The second-order valence-corrected chi connectivity index (χ2v) is 5.75. The molecule has 0 bridgehead atoms. The summed E-state index contributed by atoms with van der Waals surface area (Å²) >= 11 is 0. The van der Waals surface area contributed by atoms with E-state index in [9.17, 15) is 23.2 Å². The summed E-state index contributed by atoms with van der Waals surface area (Å²) in [6.07, 6.45) is -0.0336. The van der Waals surface area contributed by atoms with Crippen LogP contribution in [0.3, 0.4) is 0 Å². The number of nitrogens with zero attached hydrogens (tertiary/aromatic N) is 1. The standard InChI is InChI=1S/C19H19F2N3O3/c1-2-24(19(27)15-11-13(20)5-8-16(15)21)10-9-17(25)23-14-6-3-12(4-7-14)18(22)26/h3-8,11H,2,9-10H2,1H3,(H2,22,26)(H,23,25). The number of nitrogens with two attached hydrogens (primary N) is 1. The lowest BCUT2D eigenvalue weighted by Crippen LogP contribution is -2.34. The van der Waals surface area contributed by atoms with Crippen LogP contribution in [0.15, 0.2) is 42.5 Å². The Morgan fingerprint density at radius 1 is 1.07 bits per heavy atom. The Bertz CT molecular complexity index is 854. The quantitative estimate of drug-likeness (QED) is 0.779. The lowest BCUT2D eigenvalue weighted by Gasteiger charge is -2.21. The summed E-state index contributed by atoms with van der Waals surface area (Å²) in [5.41, 5.74) is 5.55. The maximum absolute atomic E-state index is 13.8. The number of amides is 3. The first-order valence-corrected chi connectivity index (χ1v) is 8.26. The molecule has 2 aromatic carbocycles. The van der Waals surface area contributed by atoms with Gasteiger partial charge in [0, 0.05) is 30.8 Å². The molecule has 0 saturated carbocycles. The fourth-order valence-corrected chi connectivity index (χ4v) is 2.41. The molecule has 0 aromatic heterocycles. The number of nitrogens with one attached hydrogen (secondary N) is 1. The fraction of sp³-hybridized carbons (Fsp3) is 0.211. The molecule has 0 aliphatic carbocycles. The zero-order valence-electron chi connectivity index (χ0n) is 14.7. The second-order valence-electron chi connectivity index (χ2n) is 5.75. The van der Waals surface area contributed by atoms with Crippen LogP contribution in [0.5, 0.6) is 0 Å². The number of hydrogen-bond donors (Lipinski definition) is 2. The summed E-state index contributed by atoms with van der Waals surface area (Å²) in [4.78, 5) is 36.7. The van der Waals surface area contributed by atoms with Gasteiger partial charge in [-0.3, -0.25) is 14.4 Å². The highest BCUT2D eigenvalue weighted by atomic mass is 19.1. The third-order valence-corrected chi connectivity index (χ3v) is 3.89. The van der Waals surface area contributed by atoms with Gasteiger partial charge in [-0.15, -0.1) is 0 Å². The highest BCUT2D eigenvalue weighted by Gasteiger charge is 2.19. The van der Waals surface area contributed by atoms with E-state index in [0.717, 1.165) is 18.2 Å². The van der Waals surface area contributed by atoms with Crippen molar-refractivity contribution in [3.63, 3.8) is 0 Å². The lowest BCUT2D eigenvalue weighted by molar-refractivity contribution is -0.116. The first-order valence-electron chi connectivity index (χ1n) is 8.26. The van der Waals surface area contributed by atoms with Crippen LogP contribution in [0.2, 0.25) is 0 Å². The molecule has 6 nitrogen and oxygen atoms in total. The van der Waals surface area contributed by atoms with Gasteiger partial charge in [-0.1, -0.05) is 0 Å². The second kappa shape index (κ2) is 8.88.